The number of pyridine rings is 1. The van der Waals surface area contributed by atoms with E-state index in [9.17, 15) is 18.3 Å². The number of imidazole rings is 1. The Bertz CT molecular complexity index is 1360. The molecule has 3 atom stereocenters. The lowest BCUT2D eigenvalue weighted by Crippen LogP contribution is -2.49. The van der Waals surface area contributed by atoms with E-state index < -0.39 is 16.1 Å². The summed E-state index contributed by atoms with van der Waals surface area (Å²) in [6.45, 7) is 5.27. The van der Waals surface area contributed by atoms with E-state index in [0.717, 1.165) is 5.56 Å². The van der Waals surface area contributed by atoms with Gasteiger partial charge in [-0.2, -0.15) is 8.42 Å². The number of aliphatic hydroxyl groups is 1. The number of carbonyl (C=O) groups is 1. The van der Waals surface area contributed by atoms with Crippen molar-refractivity contribution in [1.29, 1.82) is 0 Å². The molecule has 0 fully saturated rings. The average Bonchev–Trinajstić information content (AvgIpc) is 3.34. The Morgan fingerprint density at radius 3 is 2.66 bits per heavy atom. The van der Waals surface area contributed by atoms with E-state index in [0.29, 0.717) is 25.4 Å². The lowest BCUT2D eigenvalue weighted by atomic mass is 9.99. The summed E-state index contributed by atoms with van der Waals surface area (Å²) in [5.74, 6) is -0.0148. The Hall–Kier alpha value is -3.48. The second-order valence-corrected chi connectivity index (χ2v) is 11.5. The molecule has 0 unspecified atom stereocenters. The van der Waals surface area contributed by atoms with E-state index in [-0.39, 0.29) is 40.8 Å². The highest BCUT2D eigenvalue weighted by molar-refractivity contribution is 7.92. The van der Waals surface area contributed by atoms with Gasteiger partial charge in [-0.1, -0.05) is 6.92 Å². The van der Waals surface area contributed by atoms with Crippen LogP contribution < -0.4 is 9.46 Å². The van der Waals surface area contributed by atoms with Crippen molar-refractivity contribution in [3.05, 3.63) is 66.4 Å². The maximum Gasteiger partial charge on any atom is 0.280 e. The van der Waals surface area contributed by atoms with Gasteiger partial charge in [0.05, 0.1) is 24.5 Å². The minimum atomic E-state index is -3.95. The number of aliphatic hydroxyl groups excluding tert-OH is 1. The lowest BCUT2D eigenvalue weighted by molar-refractivity contribution is 0.0341. The highest BCUT2D eigenvalue weighted by Crippen LogP contribution is 2.31. The van der Waals surface area contributed by atoms with Gasteiger partial charge >= 0.3 is 0 Å². The maximum absolute atomic E-state index is 13.6. The monoisotopic (exact) mass is 542 g/mol. The third-order valence-electron chi connectivity index (χ3n) is 6.57. The van der Waals surface area contributed by atoms with Crippen LogP contribution in [0.15, 0.2) is 60.3 Å². The van der Waals surface area contributed by atoms with Crippen molar-refractivity contribution in [1.82, 2.24) is 24.3 Å². The molecule has 2 N–H and O–H groups in total. The van der Waals surface area contributed by atoms with Gasteiger partial charge in [0.15, 0.2) is 5.03 Å². The fourth-order valence-corrected chi connectivity index (χ4v) is 5.44. The normalized spacial score (nSPS) is 18.9. The molecule has 0 spiro atoms. The van der Waals surface area contributed by atoms with Crippen molar-refractivity contribution in [2.24, 2.45) is 13.0 Å². The summed E-state index contributed by atoms with van der Waals surface area (Å²) in [4.78, 5) is 25.4. The molecule has 0 saturated heterocycles. The Labute approximate surface area is 223 Å². The molecule has 1 aliphatic heterocycles. The second-order valence-electron chi connectivity index (χ2n) is 9.87. The van der Waals surface area contributed by atoms with Crippen molar-refractivity contribution in [3.63, 3.8) is 0 Å². The largest absolute Gasteiger partial charge is 0.488 e. The van der Waals surface area contributed by atoms with Crippen molar-refractivity contribution in [2.75, 3.05) is 31.5 Å². The van der Waals surface area contributed by atoms with Crippen LogP contribution in [-0.2, 0) is 23.6 Å². The van der Waals surface area contributed by atoms with Crippen molar-refractivity contribution >= 4 is 21.6 Å². The van der Waals surface area contributed by atoms with Crippen LogP contribution in [0.5, 0.6) is 5.75 Å². The number of carbonyl (C=O) groups excluding carboxylic acids is 1. The molecule has 4 rings (SSSR count). The first-order valence-corrected chi connectivity index (χ1v) is 13.9. The number of amides is 1. The quantitative estimate of drug-likeness (QED) is 0.420. The van der Waals surface area contributed by atoms with Crippen molar-refractivity contribution in [3.8, 4) is 5.75 Å². The second kappa shape index (κ2) is 11.5. The van der Waals surface area contributed by atoms with Crippen LogP contribution in [0.2, 0.25) is 0 Å². The Morgan fingerprint density at radius 2 is 2.00 bits per heavy atom. The van der Waals surface area contributed by atoms with Gasteiger partial charge in [-0.15, -0.1) is 0 Å². The summed E-state index contributed by atoms with van der Waals surface area (Å²) in [6, 6.07) is 8.15. The van der Waals surface area contributed by atoms with Gasteiger partial charge in [0.2, 0.25) is 0 Å². The predicted octanol–water partition coefficient (Wildman–Crippen LogP) is 1.97. The maximum atomic E-state index is 13.6. The third-order valence-corrected chi connectivity index (χ3v) is 7.83. The number of hydrogen-bond donors (Lipinski definition) is 2. The van der Waals surface area contributed by atoms with Crippen LogP contribution in [0.3, 0.4) is 0 Å². The summed E-state index contributed by atoms with van der Waals surface area (Å²) in [7, 11) is -0.270. The van der Waals surface area contributed by atoms with Gasteiger partial charge in [-0.05, 0) is 49.9 Å². The van der Waals surface area contributed by atoms with Gasteiger partial charge < -0.3 is 19.3 Å². The molecular weight excluding hydrogens is 508 g/mol. The lowest BCUT2D eigenvalue weighted by Gasteiger charge is -2.38. The van der Waals surface area contributed by atoms with Crippen LogP contribution >= 0.6 is 0 Å². The number of hydrogen-bond acceptors (Lipinski definition) is 8. The molecule has 1 aromatic carbocycles. The molecule has 2 aromatic heterocycles. The highest BCUT2D eigenvalue weighted by atomic mass is 32.2. The van der Waals surface area contributed by atoms with E-state index in [1.807, 2.05) is 26.1 Å². The van der Waals surface area contributed by atoms with Crippen LogP contribution in [-0.4, -0.2) is 82.7 Å². The third kappa shape index (κ3) is 6.32. The SMILES string of the molecule is C[C@@H]1CN([C@@H](C)CO)C(=O)c2cc(NS(=O)(=O)c3cn(C)cn3)ccc2O[C@H]1CN(C)Cc1ccncc1. The van der Waals surface area contributed by atoms with Gasteiger partial charge in [0, 0.05) is 56.9 Å². The first-order chi connectivity index (χ1) is 18.1. The standard InChI is InChI=1S/C26H34N6O5S/c1-18-12-32(19(2)16-33)26(34)22-11-21(29-38(35,36)25-15-31(4)17-28-25)5-6-23(22)37-24(18)14-30(3)13-20-7-9-27-10-8-20/h5-11,15,17-19,24,29,33H,12-14,16H2,1-4H3/t18-,19+,24+/m1/s1. The number of aryl methyl sites for hydroxylation is 1. The molecule has 3 aromatic rings. The molecule has 1 amide bonds. The van der Waals surface area contributed by atoms with Crippen LogP contribution in [0, 0.1) is 5.92 Å². The molecular formula is C26H34N6O5S. The fraction of sp³-hybridized carbons (Fsp3) is 0.423. The first-order valence-electron chi connectivity index (χ1n) is 12.4. The zero-order valence-electron chi connectivity index (χ0n) is 22.0. The number of nitrogens with one attached hydrogen (secondary N) is 1. The van der Waals surface area contributed by atoms with Crippen LogP contribution in [0.1, 0.15) is 29.8 Å². The summed E-state index contributed by atoms with van der Waals surface area (Å²) in [6.07, 6.45) is 6.04. The fourth-order valence-electron chi connectivity index (χ4n) is 4.41. The van der Waals surface area contributed by atoms with Gasteiger partial charge in [0.1, 0.15) is 11.9 Å². The number of sulfonamides is 1. The molecule has 204 valence electrons. The number of likely N-dealkylation sites (N-methyl/N-ethyl adjacent to an activating group) is 1. The summed E-state index contributed by atoms with van der Waals surface area (Å²) in [5, 5.41) is 9.74. The van der Waals surface area contributed by atoms with E-state index in [1.165, 1.54) is 23.2 Å². The number of ether oxygens (including phenoxy) is 1. The molecule has 3 heterocycles. The van der Waals surface area contributed by atoms with E-state index in [1.54, 1.807) is 43.4 Å². The Morgan fingerprint density at radius 1 is 1.26 bits per heavy atom. The topological polar surface area (TPSA) is 130 Å². The number of nitrogens with zero attached hydrogens (tertiary/aromatic N) is 5. The predicted molar refractivity (Wildman–Crippen MR) is 142 cm³/mol. The summed E-state index contributed by atoms with van der Waals surface area (Å²) < 4.78 is 36.1. The number of benzene rings is 1. The minimum absolute atomic E-state index is 0.0386. The Kier molecular flexibility index (Phi) is 8.34. The van der Waals surface area contributed by atoms with Crippen molar-refractivity contribution < 1.29 is 23.1 Å². The van der Waals surface area contributed by atoms with Crippen LogP contribution in [0.25, 0.3) is 0 Å². The number of rotatable bonds is 9. The van der Waals surface area contributed by atoms with Gasteiger partial charge in [0.25, 0.3) is 15.9 Å². The number of aromatic nitrogens is 3. The van der Waals surface area contributed by atoms with E-state index in [4.69, 9.17) is 4.74 Å². The molecule has 0 aliphatic carbocycles. The van der Waals surface area contributed by atoms with Crippen molar-refractivity contribution in [2.45, 2.75) is 37.6 Å². The van der Waals surface area contributed by atoms with Gasteiger partial charge in [-0.25, -0.2) is 4.98 Å². The molecule has 1 aliphatic rings. The zero-order valence-corrected chi connectivity index (χ0v) is 22.8. The molecule has 0 saturated carbocycles. The molecule has 0 bridgehead atoms. The highest BCUT2D eigenvalue weighted by Gasteiger charge is 2.34. The first kappa shape index (κ1) is 27.6. The number of anilines is 1. The molecule has 0 radical (unpaired) electrons. The zero-order chi connectivity index (χ0) is 27.4. The Balaban J connectivity index is 1.63. The number of fused-ring (bicyclic) bond motifs is 1. The summed E-state index contributed by atoms with van der Waals surface area (Å²) >= 11 is 0. The molecule has 11 nitrogen and oxygen atoms in total. The molecule has 38 heavy (non-hydrogen) atoms. The summed E-state index contributed by atoms with van der Waals surface area (Å²) in [5.41, 5.74) is 1.56. The van der Waals surface area contributed by atoms with E-state index >= 15 is 0 Å². The average molecular weight is 543 g/mol. The molecule has 12 heteroatoms. The van der Waals surface area contributed by atoms with E-state index in [2.05, 4.69) is 19.6 Å². The smallest absolute Gasteiger partial charge is 0.280 e. The van der Waals surface area contributed by atoms with Crippen LogP contribution in [0.4, 0.5) is 5.69 Å². The minimum Gasteiger partial charge on any atom is -0.488 e. The van der Waals surface area contributed by atoms with Gasteiger partial charge in [-0.3, -0.25) is 19.4 Å².